The Hall–Kier alpha value is -3.20. The third-order valence-electron chi connectivity index (χ3n) is 6.26. The summed E-state index contributed by atoms with van der Waals surface area (Å²) < 4.78 is 38.5. The largest absolute Gasteiger partial charge is 0.489 e. The highest BCUT2D eigenvalue weighted by atomic mass is 19.1. The Balaban J connectivity index is 1.51. The lowest BCUT2D eigenvalue weighted by Gasteiger charge is -2.27. The smallest absolute Gasteiger partial charge is 0.229 e. The lowest BCUT2D eigenvalue weighted by molar-refractivity contribution is -0.118. The molecule has 0 saturated heterocycles. The number of aromatic nitrogens is 3. The lowest BCUT2D eigenvalue weighted by Crippen LogP contribution is -2.29. The van der Waals surface area contributed by atoms with Gasteiger partial charge in [-0.1, -0.05) is 6.08 Å². The molecule has 7 nitrogen and oxygen atoms in total. The molecular weight excluding hydrogens is 430 g/mol. The van der Waals surface area contributed by atoms with E-state index in [1.165, 1.54) is 25.3 Å². The van der Waals surface area contributed by atoms with Crippen LogP contribution in [0.1, 0.15) is 29.9 Å². The van der Waals surface area contributed by atoms with Gasteiger partial charge in [0.15, 0.2) is 5.75 Å². The van der Waals surface area contributed by atoms with Gasteiger partial charge in [-0.3, -0.25) is 4.79 Å². The Morgan fingerprint density at radius 3 is 2.79 bits per heavy atom. The number of pyridine rings is 1. The van der Waals surface area contributed by atoms with Crippen LogP contribution in [0.2, 0.25) is 0 Å². The molecule has 0 bridgehead atoms. The van der Waals surface area contributed by atoms with E-state index in [0.29, 0.717) is 35.7 Å². The fraction of sp³-hybridized carbons (Fsp3) is 0.417. The summed E-state index contributed by atoms with van der Waals surface area (Å²) in [5.41, 5.74) is 0.509. The molecule has 3 atom stereocenters. The van der Waals surface area contributed by atoms with Crippen LogP contribution in [0.15, 0.2) is 42.5 Å². The molecule has 0 aliphatic heterocycles. The molecule has 0 spiro atoms. The first-order valence-corrected chi connectivity index (χ1v) is 10.7. The van der Waals surface area contributed by atoms with Gasteiger partial charge in [-0.05, 0) is 50.8 Å². The zero-order valence-corrected chi connectivity index (χ0v) is 18.8. The molecule has 1 amide bonds. The molecule has 174 valence electrons. The van der Waals surface area contributed by atoms with Crippen LogP contribution in [-0.4, -0.2) is 34.6 Å². The van der Waals surface area contributed by atoms with Crippen molar-refractivity contribution >= 4 is 11.7 Å². The van der Waals surface area contributed by atoms with E-state index in [0.717, 1.165) is 6.20 Å². The van der Waals surface area contributed by atoms with Crippen LogP contribution in [0, 0.1) is 36.9 Å². The van der Waals surface area contributed by atoms with Crippen LogP contribution >= 0.6 is 0 Å². The van der Waals surface area contributed by atoms with Crippen LogP contribution in [-0.2, 0) is 16.1 Å². The molecule has 2 aliphatic rings. The molecule has 1 unspecified atom stereocenters. The average Bonchev–Trinajstić information content (AvgIpc) is 3.52. The molecule has 1 fully saturated rings. The van der Waals surface area contributed by atoms with E-state index in [1.807, 2.05) is 6.92 Å². The van der Waals surface area contributed by atoms with Crippen molar-refractivity contribution < 1.29 is 23.0 Å². The molecule has 2 aliphatic carbocycles. The van der Waals surface area contributed by atoms with Gasteiger partial charge < -0.3 is 14.8 Å². The van der Waals surface area contributed by atoms with E-state index in [2.05, 4.69) is 20.3 Å². The third-order valence-corrected chi connectivity index (χ3v) is 6.26. The number of hydrogen-bond donors (Lipinski definition) is 1. The topological polar surface area (TPSA) is 86.2 Å². The molecule has 2 heterocycles. The van der Waals surface area contributed by atoms with Gasteiger partial charge in [0, 0.05) is 24.0 Å². The second kappa shape index (κ2) is 9.35. The fourth-order valence-electron chi connectivity index (χ4n) is 4.33. The number of nitrogens with one attached hydrogen (secondary N) is 1. The van der Waals surface area contributed by atoms with Crippen molar-refractivity contribution in [2.45, 2.75) is 33.3 Å². The van der Waals surface area contributed by atoms with E-state index >= 15 is 0 Å². The molecule has 33 heavy (non-hydrogen) atoms. The highest BCUT2D eigenvalue weighted by molar-refractivity contribution is 5.94. The summed E-state index contributed by atoms with van der Waals surface area (Å²) in [6.07, 6.45) is 8.49. The van der Waals surface area contributed by atoms with E-state index in [9.17, 15) is 13.6 Å². The first kappa shape index (κ1) is 23.0. The molecule has 4 rings (SSSR count). The van der Waals surface area contributed by atoms with Gasteiger partial charge in [0.2, 0.25) is 5.91 Å². The Morgan fingerprint density at radius 2 is 2.09 bits per heavy atom. The predicted octanol–water partition coefficient (Wildman–Crippen LogP) is 4.23. The monoisotopic (exact) mass is 456 g/mol. The van der Waals surface area contributed by atoms with Crippen molar-refractivity contribution in [2.24, 2.45) is 17.3 Å². The van der Waals surface area contributed by atoms with Gasteiger partial charge in [0.25, 0.3) is 0 Å². The van der Waals surface area contributed by atoms with Gasteiger partial charge >= 0.3 is 0 Å². The van der Waals surface area contributed by atoms with E-state index in [4.69, 9.17) is 9.47 Å². The predicted molar refractivity (Wildman–Crippen MR) is 118 cm³/mol. The van der Waals surface area contributed by atoms with Crippen LogP contribution in [0.4, 0.5) is 14.6 Å². The number of nitrogens with zero attached hydrogens (tertiary/aromatic N) is 3. The number of halogens is 2. The normalized spacial score (nSPS) is 23.7. The molecule has 2 aromatic rings. The second-order valence-corrected chi connectivity index (χ2v) is 8.52. The number of rotatable bonds is 8. The summed E-state index contributed by atoms with van der Waals surface area (Å²) >= 11 is 0. The minimum absolute atomic E-state index is 0.0651. The fourth-order valence-corrected chi connectivity index (χ4v) is 4.33. The number of ether oxygens (including phenoxy) is 2. The van der Waals surface area contributed by atoms with Crippen LogP contribution in [0.3, 0.4) is 0 Å². The van der Waals surface area contributed by atoms with Crippen molar-refractivity contribution in [3.63, 3.8) is 0 Å². The van der Waals surface area contributed by atoms with Crippen molar-refractivity contribution in [2.75, 3.05) is 19.0 Å². The molecule has 0 aromatic carbocycles. The summed E-state index contributed by atoms with van der Waals surface area (Å²) in [4.78, 5) is 25.6. The van der Waals surface area contributed by atoms with Crippen LogP contribution in [0.5, 0.6) is 5.75 Å². The summed E-state index contributed by atoms with van der Waals surface area (Å²) in [5.74, 6) is -0.000305. The number of carbonyl (C=O) groups is 1. The summed E-state index contributed by atoms with van der Waals surface area (Å²) in [6, 6.07) is 1.46. The van der Waals surface area contributed by atoms with Crippen molar-refractivity contribution in [3.8, 4) is 5.75 Å². The SMILES string of the molecule is COCc1cc(NC(=O)[C@@H]2C[C@@]2(COc2cnc(C)nc2C)C2C=CC(F)=CC2)ncc1F. The molecular formula is C24H26F2N4O3. The van der Waals surface area contributed by atoms with Crippen molar-refractivity contribution in [1.82, 2.24) is 15.0 Å². The van der Waals surface area contributed by atoms with E-state index in [1.54, 1.807) is 19.2 Å². The van der Waals surface area contributed by atoms with Gasteiger partial charge in [0.1, 0.15) is 23.3 Å². The summed E-state index contributed by atoms with van der Waals surface area (Å²) in [5, 5.41) is 2.78. The third kappa shape index (κ3) is 4.93. The van der Waals surface area contributed by atoms with Crippen molar-refractivity contribution in [1.29, 1.82) is 0 Å². The van der Waals surface area contributed by atoms with E-state index in [-0.39, 0.29) is 42.6 Å². The van der Waals surface area contributed by atoms with Crippen LogP contribution in [0.25, 0.3) is 0 Å². The number of allylic oxidation sites excluding steroid dienone is 4. The lowest BCUT2D eigenvalue weighted by atomic mass is 9.82. The Morgan fingerprint density at radius 1 is 1.27 bits per heavy atom. The Kier molecular flexibility index (Phi) is 6.51. The maximum Gasteiger partial charge on any atom is 0.229 e. The number of methoxy groups -OCH3 is 1. The molecule has 0 radical (unpaired) electrons. The first-order valence-electron chi connectivity index (χ1n) is 10.7. The number of amides is 1. The number of carbonyl (C=O) groups excluding carboxylic acids is 1. The number of aryl methyl sites for hydroxylation is 2. The quantitative estimate of drug-likeness (QED) is 0.640. The Bertz CT molecular complexity index is 1120. The van der Waals surface area contributed by atoms with Gasteiger partial charge in [-0.15, -0.1) is 0 Å². The summed E-state index contributed by atoms with van der Waals surface area (Å²) in [6.45, 7) is 3.97. The molecule has 1 saturated carbocycles. The molecule has 2 aromatic heterocycles. The van der Waals surface area contributed by atoms with Gasteiger partial charge in [-0.2, -0.15) is 0 Å². The van der Waals surface area contributed by atoms with Crippen LogP contribution < -0.4 is 10.1 Å². The minimum Gasteiger partial charge on any atom is -0.489 e. The first-order chi connectivity index (χ1) is 15.8. The van der Waals surface area contributed by atoms with E-state index < -0.39 is 11.2 Å². The number of anilines is 1. The maximum absolute atomic E-state index is 13.9. The summed E-state index contributed by atoms with van der Waals surface area (Å²) in [7, 11) is 1.46. The molecule has 9 heteroatoms. The minimum atomic E-state index is -0.509. The van der Waals surface area contributed by atoms with Gasteiger partial charge in [0.05, 0.1) is 31.3 Å². The second-order valence-electron chi connectivity index (χ2n) is 8.52. The zero-order chi connectivity index (χ0) is 23.6. The van der Waals surface area contributed by atoms with Crippen molar-refractivity contribution in [3.05, 3.63) is 65.4 Å². The standard InChI is InChI=1S/C24H26F2N4O3/c1-14-21(11-27-15(2)29-14)33-13-24(17-4-6-18(25)7-5-17)9-19(24)23(31)30-22-8-16(12-32-3)20(26)10-28-22/h4,6-8,10-11,17,19H,5,9,12-13H2,1-3H3,(H,28,30,31)/t17?,19-,24+/m0/s1. The zero-order valence-electron chi connectivity index (χ0n) is 18.8. The maximum atomic E-state index is 13.9. The van der Waals surface area contributed by atoms with Gasteiger partial charge in [-0.25, -0.2) is 23.7 Å². The molecule has 1 N–H and O–H groups in total. The average molecular weight is 456 g/mol. The number of hydrogen-bond acceptors (Lipinski definition) is 6. The highest BCUT2D eigenvalue weighted by Gasteiger charge is 2.62. The highest BCUT2D eigenvalue weighted by Crippen LogP contribution is 2.60. The Labute approximate surface area is 191 Å².